The first-order chi connectivity index (χ1) is 10.2. The zero-order chi connectivity index (χ0) is 14.7. The fourth-order valence-electron chi connectivity index (χ4n) is 2.48. The summed E-state index contributed by atoms with van der Waals surface area (Å²) in [5, 5.41) is 2.85. The third kappa shape index (κ3) is 3.71. The molecule has 1 aliphatic heterocycles. The van der Waals surface area contributed by atoms with Crippen molar-refractivity contribution in [1.82, 2.24) is 15.2 Å². The van der Waals surface area contributed by atoms with Crippen LogP contribution in [-0.2, 0) is 9.59 Å². The van der Waals surface area contributed by atoms with Crippen LogP contribution in [0.4, 0.5) is 5.82 Å². The average Bonchev–Trinajstić information content (AvgIpc) is 3.32. The van der Waals surface area contributed by atoms with E-state index in [4.69, 9.17) is 0 Å². The predicted octanol–water partition coefficient (Wildman–Crippen LogP) is 0.399. The second kappa shape index (κ2) is 6.11. The summed E-state index contributed by atoms with van der Waals surface area (Å²) >= 11 is 0. The monoisotopic (exact) mass is 288 g/mol. The highest BCUT2D eigenvalue weighted by Crippen LogP contribution is 2.19. The van der Waals surface area contributed by atoms with Gasteiger partial charge in [0.15, 0.2) is 0 Å². The van der Waals surface area contributed by atoms with Crippen LogP contribution < -0.4 is 10.2 Å². The van der Waals surface area contributed by atoms with E-state index < -0.39 is 0 Å². The van der Waals surface area contributed by atoms with Crippen LogP contribution in [0.3, 0.4) is 0 Å². The number of rotatable bonds is 4. The highest BCUT2D eigenvalue weighted by atomic mass is 16.2. The van der Waals surface area contributed by atoms with Crippen molar-refractivity contribution in [2.75, 3.05) is 31.1 Å². The van der Waals surface area contributed by atoms with Gasteiger partial charge in [0.1, 0.15) is 12.2 Å². The highest BCUT2D eigenvalue weighted by molar-refractivity contribution is 5.97. The predicted molar refractivity (Wildman–Crippen MR) is 78.8 cm³/mol. The van der Waals surface area contributed by atoms with E-state index in [0.29, 0.717) is 19.1 Å². The third-order valence-electron chi connectivity index (χ3n) is 3.86. The van der Waals surface area contributed by atoms with Crippen LogP contribution in [0.5, 0.6) is 0 Å². The van der Waals surface area contributed by atoms with E-state index in [2.05, 4.69) is 15.2 Å². The van der Waals surface area contributed by atoms with Crippen molar-refractivity contribution in [2.24, 2.45) is 0 Å². The molecule has 2 aliphatic rings. The lowest BCUT2D eigenvalue weighted by atomic mass is 10.2. The molecule has 1 aromatic rings. The number of carbonyl (C=O) groups excluding carboxylic acids is 2. The summed E-state index contributed by atoms with van der Waals surface area (Å²) in [6.07, 6.45) is 3.83. The molecule has 0 aromatic carbocycles. The van der Waals surface area contributed by atoms with Gasteiger partial charge in [0.2, 0.25) is 11.8 Å². The zero-order valence-corrected chi connectivity index (χ0v) is 12.0. The lowest BCUT2D eigenvalue weighted by molar-refractivity contribution is -0.136. The maximum absolute atomic E-state index is 12.1. The minimum Gasteiger partial charge on any atom is -0.353 e. The van der Waals surface area contributed by atoms with Crippen LogP contribution in [-0.4, -0.2) is 53.9 Å². The van der Waals surface area contributed by atoms with Gasteiger partial charge in [-0.1, -0.05) is 6.07 Å². The van der Waals surface area contributed by atoms with E-state index in [9.17, 15) is 9.59 Å². The van der Waals surface area contributed by atoms with Gasteiger partial charge in [-0.25, -0.2) is 4.98 Å². The van der Waals surface area contributed by atoms with Crippen molar-refractivity contribution in [3.05, 3.63) is 24.4 Å². The summed E-state index contributed by atoms with van der Waals surface area (Å²) in [5.74, 6) is 0.722. The molecule has 1 aliphatic carbocycles. The topological polar surface area (TPSA) is 65.5 Å². The zero-order valence-electron chi connectivity index (χ0n) is 12.0. The van der Waals surface area contributed by atoms with Gasteiger partial charge < -0.3 is 15.1 Å². The minimum atomic E-state index is -0.144. The largest absolute Gasteiger partial charge is 0.353 e. The van der Waals surface area contributed by atoms with Crippen LogP contribution in [0.15, 0.2) is 24.4 Å². The molecule has 1 aromatic heterocycles. The number of hydrogen-bond acceptors (Lipinski definition) is 4. The molecule has 0 radical (unpaired) electrons. The van der Waals surface area contributed by atoms with Crippen molar-refractivity contribution < 1.29 is 9.59 Å². The minimum absolute atomic E-state index is 0.0277. The number of amides is 2. The Balaban J connectivity index is 1.46. The molecular weight excluding hydrogens is 268 g/mol. The normalized spacial score (nSPS) is 18.5. The average molecular weight is 288 g/mol. The number of nitrogens with one attached hydrogen (secondary N) is 1. The fraction of sp³-hybridized carbons (Fsp3) is 0.533. The van der Waals surface area contributed by atoms with Crippen molar-refractivity contribution >= 4 is 17.6 Å². The van der Waals surface area contributed by atoms with Gasteiger partial charge in [0, 0.05) is 38.4 Å². The number of pyridine rings is 1. The summed E-state index contributed by atoms with van der Waals surface area (Å²) in [6, 6.07) is 6.14. The third-order valence-corrected chi connectivity index (χ3v) is 3.86. The smallest absolute Gasteiger partial charge is 0.232 e. The molecule has 112 valence electrons. The Morgan fingerprint density at radius 2 is 1.95 bits per heavy atom. The van der Waals surface area contributed by atoms with Gasteiger partial charge in [-0.3, -0.25) is 9.59 Å². The quantitative estimate of drug-likeness (QED) is 0.815. The van der Waals surface area contributed by atoms with Gasteiger partial charge in [0.25, 0.3) is 0 Å². The van der Waals surface area contributed by atoms with Crippen LogP contribution in [0.25, 0.3) is 0 Å². The maximum atomic E-state index is 12.1. The van der Waals surface area contributed by atoms with E-state index >= 15 is 0 Å². The summed E-state index contributed by atoms with van der Waals surface area (Å²) in [7, 11) is 0. The van der Waals surface area contributed by atoms with Crippen LogP contribution in [0.2, 0.25) is 0 Å². The Bertz CT molecular complexity index is 508. The molecule has 6 heteroatoms. The van der Waals surface area contributed by atoms with E-state index in [-0.39, 0.29) is 18.2 Å². The number of nitrogens with zero attached hydrogens (tertiary/aromatic N) is 3. The van der Waals surface area contributed by atoms with Gasteiger partial charge in [0.05, 0.1) is 0 Å². The van der Waals surface area contributed by atoms with E-state index in [0.717, 1.165) is 31.7 Å². The van der Waals surface area contributed by atoms with Crippen LogP contribution >= 0.6 is 0 Å². The second-order valence-electron chi connectivity index (χ2n) is 5.57. The number of anilines is 1. The molecular formula is C15H20N4O2. The Labute approximate surface area is 124 Å². The van der Waals surface area contributed by atoms with E-state index in [1.54, 1.807) is 11.1 Å². The Morgan fingerprint density at radius 3 is 2.57 bits per heavy atom. The molecule has 0 unspecified atom stereocenters. The highest BCUT2D eigenvalue weighted by Gasteiger charge is 2.27. The lowest BCUT2D eigenvalue weighted by Gasteiger charge is -2.35. The summed E-state index contributed by atoms with van der Waals surface area (Å²) in [5.41, 5.74) is 0. The first kappa shape index (κ1) is 13.9. The number of hydrogen-bond donors (Lipinski definition) is 1. The van der Waals surface area contributed by atoms with Crippen molar-refractivity contribution in [3.63, 3.8) is 0 Å². The van der Waals surface area contributed by atoms with Gasteiger partial charge in [-0.2, -0.15) is 0 Å². The molecule has 2 fully saturated rings. The first-order valence-electron chi connectivity index (χ1n) is 7.45. The molecule has 6 nitrogen and oxygen atoms in total. The van der Waals surface area contributed by atoms with E-state index in [1.165, 1.54) is 0 Å². The van der Waals surface area contributed by atoms with Crippen LogP contribution in [0, 0.1) is 0 Å². The van der Waals surface area contributed by atoms with Crippen LogP contribution in [0.1, 0.15) is 19.3 Å². The maximum Gasteiger partial charge on any atom is 0.232 e. The molecule has 0 spiro atoms. The molecule has 1 N–H and O–H groups in total. The lowest BCUT2D eigenvalue weighted by Crippen LogP contribution is -2.49. The standard InChI is InChI=1S/C15H20N4O2/c20-14(17-12-4-5-12)11-15(21)19-9-7-18(8-10-19)13-3-1-2-6-16-13/h1-3,6,12H,4-5,7-11H2,(H,17,20). The molecule has 21 heavy (non-hydrogen) atoms. The van der Waals surface area contributed by atoms with Gasteiger partial charge >= 0.3 is 0 Å². The molecule has 1 saturated carbocycles. The molecule has 0 bridgehead atoms. The van der Waals surface area contributed by atoms with Crippen molar-refractivity contribution in [2.45, 2.75) is 25.3 Å². The van der Waals surface area contributed by atoms with Gasteiger partial charge in [-0.15, -0.1) is 0 Å². The molecule has 3 rings (SSSR count). The SMILES string of the molecule is O=C(CC(=O)N1CCN(c2ccccn2)CC1)NC1CC1. The molecule has 2 heterocycles. The van der Waals surface area contributed by atoms with E-state index in [1.807, 2.05) is 18.2 Å². The number of aromatic nitrogens is 1. The Morgan fingerprint density at radius 1 is 1.19 bits per heavy atom. The summed E-state index contributed by atoms with van der Waals surface area (Å²) in [6.45, 7) is 2.80. The number of carbonyl (C=O) groups is 2. The molecule has 1 saturated heterocycles. The molecule has 0 atom stereocenters. The van der Waals surface area contributed by atoms with Crippen molar-refractivity contribution in [3.8, 4) is 0 Å². The Kier molecular flexibility index (Phi) is 4.03. The van der Waals surface area contributed by atoms with Crippen molar-refractivity contribution in [1.29, 1.82) is 0 Å². The summed E-state index contributed by atoms with van der Waals surface area (Å²) < 4.78 is 0. The number of piperazine rings is 1. The Hall–Kier alpha value is -2.11. The summed E-state index contributed by atoms with van der Waals surface area (Å²) in [4.78, 5) is 32.0. The first-order valence-corrected chi connectivity index (χ1v) is 7.45. The second-order valence-corrected chi connectivity index (χ2v) is 5.57. The molecule has 2 amide bonds. The van der Waals surface area contributed by atoms with Gasteiger partial charge in [-0.05, 0) is 25.0 Å². The fourth-order valence-corrected chi connectivity index (χ4v) is 2.48.